The van der Waals surface area contributed by atoms with Gasteiger partial charge in [0.25, 0.3) is 0 Å². The number of nitrogens with one attached hydrogen (secondary N) is 2. The molecule has 0 aliphatic rings. The molecule has 0 bridgehead atoms. The van der Waals surface area contributed by atoms with Crippen molar-refractivity contribution < 1.29 is 0 Å². The number of halogens is 2. The van der Waals surface area contributed by atoms with Crippen LogP contribution in [-0.4, -0.2) is 23.1 Å². The molecule has 0 amide bonds. The number of aromatic nitrogens is 2. The topological polar surface area (TPSA) is 49.8 Å². The first-order valence-electron chi connectivity index (χ1n) is 7.27. The van der Waals surface area contributed by atoms with Crippen LogP contribution in [0.2, 0.25) is 10.0 Å². The largest absolute Gasteiger partial charge is 0.360 e. The van der Waals surface area contributed by atoms with Crippen LogP contribution in [0.4, 0.5) is 10.3 Å². The lowest BCUT2D eigenvalue weighted by Crippen LogP contribution is -2.13. The second-order valence-electron chi connectivity index (χ2n) is 5.12. The van der Waals surface area contributed by atoms with Gasteiger partial charge in [-0.05, 0) is 36.4 Å². The maximum Gasteiger partial charge on any atom is 0.183 e. The molecule has 2 N–H and O–H groups in total. The molecule has 0 radical (unpaired) electrons. The average Bonchev–Trinajstić information content (AvgIpc) is 3.13. The van der Waals surface area contributed by atoms with Crippen LogP contribution in [0.15, 0.2) is 36.4 Å². The zero-order valence-corrected chi connectivity index (χ0v) is 15.5. The second-order valence-corrected chi connectivity index (χ2v) is 8.05. The molecule has 24 heavy (non-hydrogen) atoms. The highest BCUT2D eigenvalue weighted by Crippen LogP contribution is 2.29. The highest BCUT2D eigenvalue weighted by atomic mass is 35.5. The lowest BCUT2D eigenvalue weighted by atomic mass is 10.3. The van der Waals surface area contributed by atoms with Crippen molar-refractivity contribution >= 4 is 76.6 Å². The van der Waals surface area contributed by atoms with E-state index in [1.807, 2.05) is 36.4 Å². The van der Waals surface area contributed by atoms with Gasteiger partial charge in [0, 0.05) is 23.1 Å². The number of hydrogen-bond donors (Lipinski definition) is 2. The summed E-state index contributed by atoms with van der Waals surface area (Å²) in [5.41, 5.74) is 1.92. The van der Waals surface area contributed by atoms with Crippen molar-refractivity contribution in [1.29, 1.82) is 0 Å². The van der Waals surface area contributed by atoms with Crippen LogP contribution in [0, 0.1) is 0 Å². The predicted octanol–water partition coefficient (Wildman–Crippen LogP) is 5.74. The van der Waals surface area contributed by atoms with E-state index in [0.717, 1.165) is 53.8 Å². The zero-order valence-electron chi connectivity index (χ0n) is 12.3. The van der Waals surface area contributed by atoms with Gasteiger partial charge in [0.05, 0.1) is 20.4 Å². The lowest BCUT2D eigenvalue weighted by Gasteiger charge is -2.03. The lowest BCUT2D eigenvalue weighted by molar-refractivity contribution is 1.07. The molecule has 2 heterocycles. The highest BCUT2D eigenvalue weighted by Gasteiger charge is 2.05. The normalized spacial score (nSPS) is 11.2. The summed E-state index contributed by atoms with van der Waals surface area (Å²) in [5, 5.41) is 9.90. The Morgan fingerprint density at radius 1 is 0.750 bits per heavy atom. The van der Waals surface area contributed by atoms with Gasteiger partial charge < -0.3 is 10.6 Å². The Morgan fingerprint density at radius 2 is 1.21 bits per heavy atom. The van der Waals surface area contributed by atoms with Gasteiger partial charge in [-0.25, -0.2) is 9.97 Å². The Balaban J connectivity index is 1.36. The van der Waals surface area contributed by atoms with Crippen LogP contribution in [-0.2, 0) is 0 Å². The fraction of sp³-hybridized carbons (Fsp3) is 0.125. The molecule has 122 valence electrons. The molecule has 0 atom stereocenters. The van der Waals surface area contributed by atoms with Crippen LogP contribution in [0.3, 0.4) is 0 Å². The first-order valence-corrected chi connectivity index (χ1v) is 9.66. The number of fused-ring (bicyclic) bond motifs is 2. The third kappa shape index (κ3) is 3.42. The van der Waals surface area contributed by atoms with Crippen LogP contribution >= 0.6 is 45.9 Å². The summed E-state index contributed by atoms with van der Waals surface area (Å²) < 4.78 is 2.17. The molecule has 4 rings (SSSR count). The Morgan fingerprint density at radius 3 is 1.67 bits per heavy atom. The van der Waals surface area contributed by atoms with Gasteiger partial charge in [0.2, 0.25) is 0 Å². The maximum absolute atomic E-state index is 6.00. The Kier molecular flexibility index (Phi) is 4.45. The predicted molar refractivity (Wildman–Crippen MR) is 106 cm³/mol. The van der Waals surface area contributed by atoms with Crippen LogP contribution in [0.25, 0.3) is 20.4 Å². The van der Waals surface area contributed by atoms with Gasteiger partial charge >= 0.3 is 0 Å². The van der Waals surface area contributed by atoms with E-state index < -0.39 is 0 Å². The first kappa shape index (κ1) is 15.9. The third-order valence-electron chi connectivity index (χ3n) is 3.38. The molecule has 0 fully saturated rings. The third-order valence-corrected chi connectivity index (χ3v) is 5.80. The number of rotatable bonds is 5. The minimum atomic E-state index is 0.732. The second kappa shape index (κ2) is 6.72. The molecule has 2 aromatic heterocycles. The highest BCUT2D eigenvalue weighted by molar-refractivity contribution is 7.22. The summed E-state index contributed by atoms with van der Waals surface area (Å²) >= 11 is 15.2. The molecule has 0 saturated carbocycles. The Labute approximate surface area is 156 Å². The molecule has 0 spiro atoms. The molecule has 0 aliphatic carbocycles. The summed E-state index contributed by atoms with van der Waals surface area (Å²) in [4.78, 5) is 9.07. The summed E-state index contributed by atoms with van der Waals surface area (Å²) in [5.74, 6) is 0. The zero-order chi connectivity index (χ0) is 16.5. The average molecular weight is 395 g/mol. The molecule has 0 unspecified atom stereocenters. The van der Waals surface area contributed by atoms with Crippen molar-refractivity contribution in [3.8, 4) is 0 Å². The van der Waals surface area contributed by atoms with Crippen molar-refractivity contribution in [2.24, 2.45) is 0 Å². The fourth-order valence-corrected chi connectivity index (χ4v) is 4.62. The van der Waals surface area contributed by atoms with Crippen molar-refractivity contribution in [3.05, 3.63) is 46.4 Å². The minimum absolute atomic E-state index is 0.732. The molecule has 0 aliphatic heterocycles. The molecule has 8 heteroatoms. The maximum atomic E-state index is 6.00. The SMILES string of the molecule is Clc1ccc2nc(NCCNc3nc4ccc(Cl)cc4s3)sc2c1. The smallest absolute Gasteiger partial charge is 0.183 e. The summed E-state index contributed by atoms with van der Waals surface area (Å²) in [7, 11) is 0. The standard InChI is InChI=1S/C16H12Cl2N4S2/c17-9-1-3-11-13(7-9)23-15(21-11)19-5-6-20-16-22-12-4-2-10(18)8-14(12)24-16/h1-4,7-8H,5-6H2,(H,19,21)(H,20,22). The van der Waals surface area contributed by atoms with Crippen LogP contribution in [0.5, 0.6) is 0 Å². The van der Waals surface area contributed by atoms with Crippen molar-refractivity contribution in [3.63, 3.8) is 0 Å². The van der Waals surface area contributed by atoms with Gasteiger partial charge in [-0.15, -0.1) is 0 Å². The first-order chi connectivity index (χ1) is 11.7. The van der Waals surface area contributed by atoms with Gasteiger partial charge in [0.15, 0.2) is 10.3 Å². The van der Waals surface area contributed by atoms with Gasteiger partial charge in [0.1, 0.15) is 0 Å². The van der Waals surface area contributed by atoms with E-state index in [1.165, 1.54) is 0 Å². The van der Waals surface area contributed by atoms with Crippen LogP contribution < -0.4 is 10.6 Å². The van der Waals surface area contributed by atoms with Gasteiger partial charge in [-0.2, -0.15) is 0 Å². The summed E-state index contributed by atoms with van der Waals surface area (Å²) in [6.07, 6.45) is 0. The molecular weight excluding hydrogens is 383 g/mol. The number of thiazole rings is 2. The van der Waals surface area contributed by atoms with Crippen molar-refractivity contribution in [2.75, 3.05) is 23.7 Å². The van der Waals surface area contributed by atoms with Crippen molar-refractivity contribution in [1.82, 2.24) is 9.97 Å². The van der Waals surface area contributed by atoms with E-state index in [1.54, 1.807) is 22.7 Å². The van der Waals surface area contributed by atoms with E-state index in [2.05, 4.69) is 20.6 Å². The quantitative estimate of drug-likeness (QED) is 0.423. The number of hydrogen-bond acceptors (Lipinski definition) is 6. The summed E-state index contributed by atoms with van der Waals surface area (Å²) in [6, 6.07) is 11.4. The number of anilines is 2. The number of nitrogens with zero attached hydrogens (tertiary/aromatic N) is 2. The molecule has 2 aromatic carbocycles. The molecule has 4 aromatic rings. The van der Waals surface area contributed by atoms with E-state index in [0.29, 0.717) is 0 Å². The van der Waals surface area contributed by atoms with Crippen molar-refractivity contribution in [2.45, 2.75) is 0 Å². The van der Waals surface area contributed by atoms with E-state index in [9.17, 15) is 0 Å². The number of benzene rings is 2. The van der Waals surface area contributed by atoms with E-state index in [4.69, 9.17) is 23.2 Å². The van der Waals surface area contributed by atoms with E-state index in [-0.39, 0.29) is 0 Å². The summed E-state index contributed by atoms with van der Waals surface area (Å²) in [6.45, 7) is 1.51. The van der Waals surface area contributed by atoms with Gasteiger partial charge in [-0.1, -0.05) is 45.9 Å². The Hall–Kier alpha value is -1.60. The molecular formula is C16H12Cl2N4S2. The Bertz CT molecular complexity index is 930. The minimum Gasteiger partial charge on any atom is -0.360 e. The fourth-order valence-electron chi connectivity index (χ4n) is 2.29. The molecule has 4 nitrogen and oxygen atoms in total. The molecule has 0 saturated heterocycles. The van der Waals surface area contributed by atoms with Gasteiger partial charge in [-0.3, -0.25) is 0 Å². The van der Waals surface area contributed by atoms with Crippen LogP contribution in [0.1, 0.15) is 0 Å². The van der Waals surface area contributed by atoms with E-state index >= 15 is 0 Å². The monoisotopic (exact) mass is 394 g/mol.